The van der Waals surface area contributed by atoms with Gasteiger partial charge < -0.3 is 10.7 Å². The van der Waals surface area contributed by atoms with E-state index in [1.165, 1.54) is 15.0 Å². The zero-order valence-corrected chi connectivity index (χ0v) is 11.7. The minimum Gasteiger partial charge on any atom is -0.340 e. The number of benzene rings is 1. The van der Waals surface area contributed by atoms with E-state index < -0.39 is 0 Å². The van der Waals surface area contributed by atoms with Crippen LogP contribution in [-0.2, 0) is 0 Å². The van der Waals surface area contributed by atoms with E-state index in [1.807, 2.05) is 6.20 Å². The van der Waals surface area contributed by atoms with E-state index in [0.717, 1.165) is 24.4 Å². The molecule has 0 aliphatic carbocycles. The third kappa shape index (κ3) is 2.41. The summed E-state index contributed by atoms with van der Waals surface area (Å²) in [5.41, 5.74) is 7.14. The van der Waals surface area contributed by atoms with Crippen molar-refractivity contribution < 1.29 is 0 Å². The molecule has 4 heteroatoms. The predicted molar refractivity (Wildman–Crippen MR) is 81.2 cm³/mol. The van der Waals surface area contributed by atoms with Gasteiger partial charge in [0.05, 0.1) is 22.8 Å². The Labute approximate surface area is 116 Å². The molecule has 1 unspecified atom stereocenters. The molecule has 3 rings (SSSR count). The van der Waals surface area contributed by atoms with Gasteiger partial charge in [-0.25, -0.2) is 4.98 Å². The van der Waals surface area contributed by atoms with Crippen LogP contribution in [0.15, 0.2) is 36.5 Å². The van der Waals surface area contributed by atoms with Crippen LogP contribution >= 0.6 is 11.3 Å². The zero-order valence-electron chi connectivity index (χ0n) is 10.9. The Kier molecular flexibility index (Phi) is 3.36. The molecule has 98 valence electrons. The van der Waals surface area contributed by atoms with Gasteiger partial charge in [-0.3, -0.25) is 0 Å². The topological polar surface area (TPSA) is 54.7 Å². The van der Waals surface area contributed by atoms with Crippen molar-refractivity contribution in [1.29, 1.82) is 0 Å². The Balaban J connectivity index is 1.93. The lowest BCUT2D eigenvalue weighted by molar-refractivity contribution is 0.609. The second kappa shape index (κ2) is 5.15. The first-order valence-corrected chi connectivity index (χ1v) is 7.39. The molecule has 2 aromatic heterocycles. The van der Waals surface area contributed by atoms with Crippen LogP contribution in [0.1, 0.15) is 31.6 Å². The maximum absolute atomic E-state index is 6.08. The van der Waals surface area contributed by atoms with E-state index in [0.29, 0.717) is 0 Å². The van der Waals surface area contributed by atoms with Crippen LogP contribution < -0.4 is 5.73 Å². The van der Waals surface area contributed by atoms with Crippen molar-refractivity contribution in [3.63, 3.8) is 0 Å². The molecule has 0 spiro atoms. The predicted octanol–water partition coefficient (Wildman–Crippen LogP) is 4.09. The first kappa shape index (κ1) is 12.4. The molecule has 0 aliphatic heterocycles. The van der Waals surface area contributed by atoms with Crippen molar-refractivity contribution in [2.75, 3.05) is 0 Å². The van der Waals surface area contributed by atoms with Gasteiger partial charge in [0.2, 0.25) is 0 Å². The summed E-state index contributed by atoms with van der Waals surface area (Å²) >= 11 is 1.78. The molecule has 1 atom stereocenters. The molecule has 2 heterocycles. The summed E-state index contributed by atoms with van der Waals surface area (Å²) in [6, 6.07) is 10.6. The molecule has 0 fully saturated rings. The van der Waals surface area contributed by atoms with E-state index in [4.69, 9.17) is 5.73 Å². The van der Waals surface area contributed by atoms with Gasteiger partial charge in [0.25, 0.3) is 0 Å². The number of aromatic nitrogens is 2. The summed E-state index contributed by atoms with van der Waals surface area (Å²) in [7, 11) is 0. The third-order valence-electron chi connectivity index (χ3n) is 3.24. The molecule has 3 N–H and O–H groups in total. The average Bonchev–Trinajstić information content (AvgIpc) is 3.05. The number of H-pyrrole nitrogens is 1. The lowest BCUT2D eigenvalue weighted by Crippen LogP contribution is -2.11. The summed E-state index contributed by atoms with van der Waals surface area (Å²) in [6.45, 7) is 2.13. The van der Waals surface area contributed by atoms with Crippen LogP contribution in [0.5, 0.6) is 0 Å². The van der Waals surface area contributed by atoms with Crippen LogP contribution in [-0.4, -0.2) is 9.97 Å². The number of rotatable bonds is 4. The van der Waals surface area contributed by atoms with Gasteiger partial charge in [-0.2, -0.15) is 0 Å². The molecule has 0 saturated heterocycles. The number of nitrogens with zero attached hydrogens (tertiary/aromatic N) is 1. The molecule has 19 heavy (non-hydrogen) atoms. The summed E-state index contributed by atoms with van der Waals surface area (Å²) < 4.78 is 1.30. The number of thiophene rings is 1. The minimum atomic E-state index is 0.00753. The summed E-state index contributed by atoms with van der Waals surface area (Å²) in [6.07, 6.45) is 3.91. The summed E-state index contributed by atoms with van der Waals surface area (Å²) in [5, 5.41) is 1.27. The van der Waals surface area contributed by atoms with Gasteiger partial charge in [0.15, 0.2) is 0 Å². The SMILES string of the molecule is CCCC(N)c1ncc(-c2cc3ccccc3s2)[nH]1. The van der Waals surface area contributed by atoms with E-state index in [1.54, 1.807) is 11.3 Å². The van der Waals surface area contributed by atoms with E-state index in [9.17, 15) is 0 Å². The highest BCUT2D eigenvalue weighted by Crippen LogP contribution is 2.32. The van der Waals surface area contributed by atoms with Gasteiger partial charge >= 0.3 is 0 Å². The number of aromatic amines is 1. The minimum absolute atomic E-state index is 0.00753. The molecule has 0 saturated carbocycles. The van der Waals surface area contributed by atoms with Crippen LogP contribution in [0.2, 0.25) is 0 Å². The lowest BCUT2D eigenvalue weighted by atomic mass is 10.2. The summed E-state index contributed by atoms with van der Waals surface area (Å²) in [5.74, 6) is 0.884. The monoisotopic (exact) mass is 271 g/mol. The number of nitrogens with two attached hydrogens (primary N) is 1. The zero-order chi connectivity index (χ0) is 13.2. The first-order valence-electron chi connectivity index (χ1n) is 6.57. The highest BCUT2D eigenvalue weighted by molar-refractivity contribution is 7.22. The number of hydrogen-bond acceptors (Lipinski definition) is 3. The van der Waals surface area contributed by atoms with Gasteiger partial charge in [0.1, 0.15) is 5.82 Å². The normalized spacial score (nSPS) is 12.9. The first-order chi connectivity index (χ1) is 9.28. The van der Waals surface area contributed by atoms with Gasteiger partial charge in [-0.1, -0.05) is 31.5 Å². The fraction of sp³-hybridized carbons (Fsp3) is 0.267. The molecule has 0 aliphatic rings. The fourth-order valence-corrected chi connectivity index (χ4v) is 3.24. The largest absolute Gasteiger partial charge is 0.340 e. The van der Waals surface area contributed by atoms with E-state index in [2.05, 4.69) is 47.2 Å². The Morgan fingerprint density at radius 2 is 2.21 bits per heavy atom. The highest BCUT2D eigenvalue weighted by Gasteiger charge is 2.11. The Bertz CT molecular complexity index is 650. The number of hydrogen-bond donors (Lipinski definition) is 2. The van der Waals surface area contributed by atoms with Crippen molar-refractivity contribution in [2.45, 2.75) is 25.8 Å². The standard InChI is InChI=1S/C15H17N3S/c1-2-5-11(16)15-17-9-12(18-15)14-8-10-6-3-4-7-13(10)19-14/h3-4,6-9,11H,2,5,16H2,1H3,(H,17,18). The second-order valence-corrected chi connectivity index (χ2v) is 5.81. The molecular formula is C15H17N3S. The third-order valence-corrected chi connectivity index (χ3v) is 4.39. The van der Waals surface area contributed by atoms with E-state index >= 15 is 0 Å². The van der Waals surface area contributed by atoms with E-state index in [-0.39, 0.29) is 6.04 Å². The molecular weight excluding hydrogens is 254 g/mol. The Morgan fingerprint density at radius 3 is 3.00 bits per heavy atom. The number of fused-ring (bicyclic) bond motifs is 1. The van der Waals surface area contributed by atoms with Gasteiger partial charge in [-0.15, -0.1) is 11.3 Å². The van der Waals surface area contributed by atoms with Crippen molar-refractivity contribution >= 4 is 21.4 Å². The molecule has 3 nitrogen and oxygen atoms in total. The molecule has 0 radical (unpaired) electrons. The number of nitrogens with one attached hydrogen (secondary N) is 1. The number of imidazole rings is 1. The van der Waals surface area contributed by atoms with Crippen molar-refractivity contribution in [1.82, 2.24) is 9.97 Å². The highest BCUT2D eigenvalue weighted by atomic mass is 32.1. The van der Waals surface area contributed by atoms with Crippen LogP contribution in [0, 0.1) is 0 Å². The quantitative estimate of drug-likeness (QED) is 0.751. The molecule has 3 aromatic rings. The van der Waals surface area contributed by atoms with Gasteiger partial charge in [0, 0.05) is 4.70 Å². The molecule has 0 bridgehead atoms. The smallest absolute Gasteiger partial charge is 0.123 e. The molecule has 0 amide bonds. The Morgan fingerprint density at radius 1 is 1.37 bits per heavy atom. The Hall–Kier alpha value is -1.65. The van der Waals surface area contributed by atoms with Crippen molar-refractivity contribution in [3.05, 3.63) is 42.4 Å². The van der Waals surface area contributed by atoms with Crippen molar-refractivity contribution in [2.24, 2.45) is 5.73 Å². The maximum atomic E-state index is 6.08. The maximum Gasteiger partial charge on any atom is 0.123 e. The fourth-order valence-electron chi connectivity index (χ4n) is 2.21. The second-order valence-electron chi connectivity index (χ2n) is 4.73. The van der Waals surface area contributed by atoms with Crippen LogP contribution in [0.3, 0.4) is 0 Å². The van der Waals surface area contributed by atoms with Crippen LogP contribution in [0.4, 0.5) is 0 Å². The lowest BCUT2D eigenvalue weighted by Gasteiger charge is -2.05. The molecule has 1 aromatic carbocycles. The average molecular weight is 271 g/mol. The summed E-state index contributed by atoms with van der Waals surface area (Å²) in [4.78, 5) is 8.97. The van der Waals surface area contributed by atoms with Crippen molar-refractivity contribution in [3.8, 4) is 10.6 Å². The van der Waals surface area contributed by atoms with Crippen LogP contribution in [0.25, 0.3) is 20.7 Å². The van der Waals surface area contributed by atoms with Gasteiger partial charge in [-0.05, 0) is 23.9 Å².